The van der Waals surface area contributed by atoms with E-state index in [1.807, 2.05) is 22.7 Å². The number of imidazole rings is 2. The van der Waals surface area contributed by atoms with Crippen LogP contribution in [0.3, 0.4) is 0 Å². The van der Waals surface area contributed by atoms with Gasteiger partial charge < -0.3 is 0 Å². The normalized spacial score (nSPS) is 12.4. The maximum absolute atomic E-state index is 6.10. The fourth-order valence-corrected chi connectivity index (χ4v) is 31.0. The van der Waals surface area contributed by atoms with E-state index in [0.717, 1.165) is 125 Å². The van der Waals surface area contributed by atoms with Gasteiger partial charge in [-0.25, -0.2) is 29.5 Å². The lowest BCUT2D eigenvalue weighted by atomic mass is 10.0. The third-order valence-electron chi connectivity index (χ3n) is 24.5. The van der Waals surface area contributed by atoms with Gasteiger partial charge in [-0.3, -0.25) is 18.1 Å². The van der Waals surface area contributed by atoms with Gasteiger partial charge in [0.2, 0.25) is 45.7 Å². The zero-order chi connectivity index (χ0) is 78.0. The van der Waals surface area contributed by atoms with Gasteiger partial charge in [0.25, 0.3) is 0 Å². The molecular weight excluding hydrogens is 1530 g/mol. The summed E-state index contributed by atoms with van der Waals surface area (Å²) in [4.78, 5) is 41.3. The maximum Gasteiger partial charge on any atom is 0.241 e. The van der Waals surface area contributed by atoms with Gasteiger partial charge in [0.15, 0.2) is 0 Å². The molecule has 0 N–H and O–H groups in total. The molecule has 25 aromatic rings. The highest BCUT2D eigenvalue weighted by molar-refractivity contribution is 7.30. The number of nitrogens with zero attached hydrogens (tertiary/aromatic N) is 12. The molecule has 0 saturated heterocycles. The molecule has 0 aliphatic heterocycles. The molecule has 0 fully saturated rings. The van der Waals surface area contributed by atoms with E-state index in [4.69, 9.17) is 34.9 Å². The Hall–Kier alpha value is -14.9. The van der Waals surface area contributed by atoms with Crippen molar-refractivity contribution in [3.63, 3.8) is 0 Å². The van der Waals surface area contributed by atoms with Crippen molar-refractivity contribution in [2.45, 2.75) is 0 Å². The highest BCUT2D eigenvalue weighted by Gasteiger charge is 2.49. The van der Waals surface area contributed by atoms with Gasteiger partial charge >= 0.3 is 0 Å². The number of thiophene rings is 2. The summed E-state index contributed by atoms with van der Waals surface area (Å²) in [6, 6.07) is 141. The Morgan fingerprint density at radius 3 is 1.09 bits per heavy atom. The van der Waals surface area contributed by atoms with E-state index >= 15 is 0 Å². The van der Waals surface area contributed by atoms with Crippen molar-refractivity contribution in [3.05, 3.63) is 388 Å². The summed E-state index contributed by atoms with van der Waals surface area (Å²) < 4.78 is 16.1. The molecule has 16 heteroatoms. The Morgan fingerprint density at radius 1 is 0.210 bits per heavy atom. The zero-order valence-electron chi connectivity index (χ0n) is 63.6. The Kier molecular flexibility index (Phi) is 14.9. The standard InChI is InChI=1S/C103H64N12S2Si2/c1-5-30-67(31-6-1)118(68-32-7-2-8-33-68,71-58-61-94-81(64-71)77-43-18-27-53-92(77)116-94)101-107-97(111-83-46-20-13-38-72(83)73-39-14-21-47-84(73)111)105-98(108-101)112-85-48-22-15-40-74(85)79-62-65(56-59-87(79)112)66-57-60-88-80(63-66)75-41-16-23-49-86(75)113(88)99-106-100(115-91-52-26-25-51-90(91)114-89-50-24-19-45-82(89)104-103(114)115)110-102(109-99)119(69-34-9-3-10-35-69,70-36-11-4-12-37-70)95-55-29-44-78-76-42-17-28-54-93(76)117-96(78)95/h1-64H. The average molecular weight is 1590 g/mol. The van der Waals surface area contributed by atoms with Crippen molar-refractivity contribution < 1.29 is 0 Å². The molecule has 0 amide bonds. The second-order valence-electron chi connectivity index (χ2n) is 30.7. The van der Waals surface area contributed by atoms with Crippen LogP contribution >= 0.6 is 22.7 Å². The van der Waals surface area contributed by atoms with Gasteiger partial charge in [0.1, 0.15) is 10.9 Å². The fourth-order valence-electron chi connectivity index (χ4n) is 19.4. The number of hydrogen-bond acceptors (Lipinski definition) is 9. The van der Waals surface area contributed by atoms with Crippen LogP contribution in [0, 0.1) is 0 Å². The van der Waals surface area contributed by atoms with Crippen molar-refractivity contribution in [1.29, 1.82) is 0 Å². The van der Waals surface area contributed by atoms with Crippen LogP contribution in [0.2, 0.25) is 0 Å². The third-order valence-corrected chi connectivity index (χ3v) is 36.0. The summed E-state index contributed by atoms with van der Waals surface area (Å²) in [7, 11) is -7.21. The molecule has 0 unspecified atom stereocenters. The summed E-state index contributed by atoms with van der Waals surface area (Å²) in [6.07, 6.45) is 0. The molecule has 16 aromatic carbocycles. The topological polar surface area (TPSA) is 114 Å². The van der Waals surface area contributed by atoms with Crippen molar-refractivity contribution in [2.75, 3.05) is 0 Å². The average Bonchev–Trinajstić information content (AvgIpc) is 1.65. The van der Waals surface area contributed by atoms with Crippen molar-refractivity contribution in [2.24, 2.45) is 0 Å². The molecule has 25 rings (SSSR count). The Bertz CT molecular complexity index is 8350. The molecule has 0 saturated carbocycles. The predicted molar refractivity (Wildman–Crippen MR) is 498 cm³/mol. The van der Waals surface area contributed by atoms with Crippen molar-refractivity contribution >= 4 is 214 Å². The Morgan fingerprint density at radius 2 is 0.580 bits per heavy atom. The predicted octanol–water partition coefficient (Wildman–Crippen LogP) is 19.3. The van der Waals surface area contributed by atoms with Crippen molar-refractivity contribution in [3.8, 4) is 34.9 Å². The molecule has 119 heavy (non-hydrogen) atoms. The molecule has 0 spiro atoms. The highest BCUT2D eigenvalue weighted by atomic mass is 32.1. The Labute approximate surface area is 690 Å². The number of benzene rings is 16. The van der Waals surface area contributed by atoms with Gasteiger partial charge in [-0.05, 0) is 133 Å². The van der Waals surface area contributed by atoms with Crippen LogP contribution in [0.4, 0.5) is 0 Å². The molecule has 9 aromatic heterocycles. The van der Waals surface area contributed by atoms with Crippen LogP contribution in [0.5, 0.6) is 0 Å². The molecular formula is C103H64N12S2Si2. The Balaban J connectivity index is 0.719. The fraction of sp³-hybridized carbons (Fsp3) is 0. The van der Waals surface area contributed by atoms with Crippen LogP contribution in [0.15, 0.2) is 388 Å². The van der Waals surface area contributed by atoms with E-state index in [1.54, 1.807) is 0 Å². The first-order chi connectivity index (χ1) is 59.0. The minimum atomic E-state index is -3.65. The van der Waals surface area contributed by atoms with E-state index in [-0.39, 0.29) is 0 Å². The molecule has 0 atom stereocenters. The second-order valence-corrected chi connectivity index (χ2v) is 40.1. The summed E-state index contributed by atoms with van der Waals surface area (Å²) in [5.74, 6) is 2.71. The van der Waals surface area contributed by atoms with E-state index in [1.165, 1.54) is 50.7 Å². The molecule has 0 bridgehead atoms. The van der Waals surface area contributed by atoms with Crippen molar-refractivity contribution in [1.82, 2.24) is 57.6 Å². The highest BCUT2D eigenvalue weighted by Crippen LogP contribution is 2.42. The van der Waals surface area contributed by atoms with E-state index in [9.17, 15) is 0 Å². The number of para-hydroxylation sites is 8. The van der Waals surface area contributed by atoms with Crippen LogP contribution in [0.1, 0.15) is 0 Å². The minimum absolute atomic E-state index is 0.462. The van der Waals surface area contributed by atoms with E-state index in [0.29, 0.717) is 35.0 Å². The quantitative estimate of drug-likeness (QED) is 0.0834. The minimum Gasteiger partial charge on any atom is -0.278 e. The van der Waals surface area contributed by atoms with Crippen LogP contribution in [-0.4, -0.2) is 73.7 Å². The van der Waals surface area contributed by atoms with Crippen LogP contribution in [-0.2, 0) is 0 Å². The lowest BCUT2D eigenvalue weighted by molar-refractivity contribution is 0.895. The second kappa shape index (κ2) is 26.3. The lowest BCUT2D eigenvalue weighted by Gasteiger charge is -2.32. The summed E-state index contributed by atoms with van der Waals surface area (Å²) in [6.45, 7) is 0. The first-order valence-corrected chi connectivity index (χ1v) is 45.7. The van der Waals surface area contributed by atoms with Gasteiger partial charge in [0.05, 0.1) is 55.2 Å². The maximum atomic E-state index is 6.10. The van der Waals surface area contributed by atoms with Gasteiger partial charge in [0, 0.05) is 72.7 Å². The monoisotopic (exact) mass is 1590 g/mol. The van der Waals surface area contributed by atoms with Gasteiger partial charge in [-0.2, -0.15) is 9.97 Å². The smallest absolute Gasteiger partial charge is 0.241 e. The number of fused-ring (bicyclic) bond motifs is 20. The lowest BCUT2D eigenvalue weighted by Crippen LogP contribution is -2.76. The largest absolute Gasteiger partial charge is 0.278 e. The van der Waals surface area contributed by atoms with E-state index < -0.39 is 16.1 Å². The zero-order valence-corrected chi connectivity index (χ0v) is 67.3. The molecule has 0 radical (unpaired) electrons. The third kappa shape index (κ3) is 9.91. The summed E-state index contributed by atoms with van der Waals surface area (Å²) in [5, 5.41) is 18.3. The SMILES string of the molecule is c1ccc([Si](c2ccccc2)(c2ccc3sc4ccccc4c3c2)c2nc(-n3c4ccccc4c4ccccc43)nc(-n3c4ccccc4c4cc(-c5ccc6c(c5)c5ccccc5n6-c5nc(-n6c7ccccc7n7c8ccccc8nc67)nc([Si](c6ccccc6)(c6ccccc6)c6cccc7c6sc6ccccc67)n5)ccc43)n2)cc1. The van der Waals surface area contributed by atoms with Crippen LogP contribution in [0.25, 0.3) is 169 Å². The van der Waals surface area contributed by atoms with Crippen LogP contribution < -0.4 is 42.0 Å². The summed E-state index contributed by atoms with van der Waals surface area (Å²) >= 11 is 3.68. The number of hydrogen-bond donors (Lipinski definition) is 0. The van der Waals surface area contributed by atoms with Gasteiger partial charge in [-0.1, -0.05) is 297 Å². The first kappa shape index (κ1) is 67.4. The molecule has 9 heterocycles. The summed E-state index contributed by atoms with van der Waals surface area (Å²) in [5.41, 5.74) is 13.1. The number of rotatable bonds is 13. The van der Waals surface area contributed by atoms with E-state index in [2.05, 4.69) is 411 Å². The first-order valence-electron chi connectivity index (χ1n) is 40.0. The number of aromatic nitrogens is 12. The molecule has 556 valence electrons. The molecule has 12 nitrogen and oxygen atoms in total. The molecule has 0 aliphatic rings. The van der Waals surface area contributed by atoms with Gasteiger partial charge in [-0.15, -0.1) is 22.7 Å². The molecule has 0 aliphatic carbocycles.